The van der Waals surface area contributed by atoms with Gasteiger partial charge in [-0.05, 0) is 44.2 Å². The number of benzene rings is 1. The van der Waals surface area contributed by atoms with E-state index in [2.05, 4.69) is 20.6 Å². The van der Waals surface area contributed by atoms with Crippen molar-refractivity contribution in [2.45, 2.75) is 26.4 Å². The van der Waals surface area contributed by atoms with Gasteiger partial charge in [0, 0.05) is 18.3 Å². The summed E-state index contributed by atoms with van der Waals surface area (Å²) >= 11 is 0. The molecule has 2 aromatic heterocycles. The highest BCUT2D eigenvalue weighted by Gasteiger charge is 2.18. The Labute approximate surface area is 150 Å². The Morgan fingerprint density at radius 1 is 1.31 bits per heavy atom. The highest BCUT2D eigenvalue weighted by atomic mass is 16.7. The number of nitrogens with zero attached hydrogens (tertiary/aromatic N) is 3. The lowest BCUT2D eigenvalue weighted by Crippen LogP contribution is -2.27. The molecule has 2 N–H and O–H groups in total. The van der Waals surface area contributed by atoms with Crippen molar-refractivity contribution in [1.82, 2.24) is 25.3 Å². The average molecular weight is 353 g/mol. The lowest BCUT2D eigenvalue weighted by molar-refractivity contribution is 0.0934. The van der Waals surface area contributed by atoms with E-state index in [1.807, 2.05) is 49.0 Å². The van der Waals surface area contributed by atoms with Crippen LogP contribution in [0.2, 0.25) is 0 Å². The number of fused-ring (bicyclic) bond motifs is 1. The minimum Gasteiger partial charge on any atom is -0.454 e. The third kappa shape index (κ3) is 3.01. The number of hydrogen-bond acceptors (Lipinski definition) is 5. The van der Waals surface area contributed by atoms with Gasteiger partial charge in [-0.25, -0.2) is 0 Å². The molecule has 8 nitrogen and oxygen atoms in total. The molecule has 134 valence electrons. The van der Waals surface area contributed by atoms with E-state index in [0.717, 1.165) is 17.8 Å². The summed E-state index contributed by atoms with van der Waals surface area (Å²) in [5.41, 5.74) is 2.71. The summed E-state index contributed by atoms with van der Waals surface area (Å²) in [6.45, 7) is 4.93. The first-order valence-electron chi connectivity index (χ1n) is 8.43. The molecule has 0 radical (unpaired) electrons. The summed E-state index contributed by atoms with van der Waals surface area (Å²) in [6, 6.07) is 8.97. The van der Waals surface area contributed by atoms with Crippen LogP contribution >= 0.6 is 0 Å². The molecular formula is C18H19N5O3. The van der Waals surface area contributed by atoms with E-state index in [9.17, 15) is 4.79 Å². The first kappa shape index (κ1) is 16.2. The molecule has 26 heavy (non-hydrogen) atoms. The number of H-pyrrole nitrogens is 1. The molecule has 1 atom stereocenters. The number of nitrogens with one attached hydrogen (secondary N) is 2. The van der Waals surface area contributed by atoms with Crippen molar-refractivity contribution in [2.75, 3.05) is 6.79 Å². The third-order valence-corrected chi connectivity index (χ3v) is 4.27. The zero-order valence-electron chi connectivity index (χ0n) is 14.5. The molecule has 0 saturated carbocycles. The molecule has 8 heteroatoms. The molecule has 1 amide bonds. The first-order valence-corrected chi connectivity index (χ1v) is 8.43. The van der Waals surface area contributed by atoms with Gasteiger partial charge in [0.2, 0.25) is 6.79 Å². The molecule has 0 saturated heterocycles. The quantitative estimate of drug-likeness (QED) is 0.735. The molecule has 0 bridgehead atoms. The highest BCUT2D eigenvalue weighted by Crippen LogP contribution is 2.35. The van der Waals surface area contributed by atoms with Crippen molar-refractivity contribution >= 4 is 5.91 Å². The van der Waals surface area contributed by atoms with Crippen molar-refractivity contribution in [2.24, 2.45) is 0 Å². The van der Waals surface area contributed by atoms with Crippen LogP contribution in [0.25, 0.3) is 11.3 Å². The Kier molecular flexibility index (Phi) is 4.08. The smallest absolute Gasteiger partial charge is 0.269 e. The van der Waals surface area contributed by atoms with Gasteiger partial charge in [0.15, 0.2) is 11.5 Å². The van der Waals surface area contributed by atoms with E-state index in [-0.39, 0.29) is 18.7 Å². The highest BCUT2D eigenvalue weighted by molar-refractivity contribution is 5.93. The van der Waals surface area contributed by atoms with Gasteiger partial charge in [-0.2, -0.15) is 10.2 Å². The summed E-state index contributed by atoms with van der Waals surface area (Å²) < 4.78 is 12.5. The second-order valence-electron chi connectivity index (χ2n) is 6.03. The number of aromatic amines is 1. The van der Waals surface area contributed by atoms with E-state index >= 15 is 0 Å². The maximum absolute atomic E-state index is 12.5. The van der Waals surface area contributed by atoms with E-state index in [0.29, 0.717) is 22.9 Å². The van der Waals surface area contributed by atoms with Crippen LogP contribution in [0.15, 0.2) is 36.5 Å². The van der Waals surface area contributed by atoms with Crippen molar-refractivity contribution in [1.29, 1.82) is 0 Å². The van der Waals surface area contributed by atoms with Crippen LogP contribution < -0.4 is 14.8 Å². The number of aromatic nitrogens is 4. The minimum absolute atomic E-state index is 0.201. The zero-order valence-corrected chi connectivity index (χ0v) is 14.5. The lowest BCUT2D eigenvalue weighted by Gasteiger charge is -2.10. The van der Waals surface area contributed by atoms with Crippen LogP contribution in [-0.2, 0) is 6.54 Å². The predicted molar refractivity (Wildman–Crippen MR) is 93.9 cm³/mol. The van der Waals surface area contributed by atoms with Crippen LogP contribution in [-0.4, -0.2) is 32.7 Å². The summed E-state index contributed by atoms with van der Waals surface area (Å²) in [5.74, 6) is 1.15. The molecule has 4 rings (SSSR count). The largest absolute Gasteiger partial charge is 0.454 e. The predicted octanol–water partition coefficient (Wildman–Crippen LogP) is 2.51. The van der Waals surface area contributed by atoms with Crippen LogP contribution in [0.5, 0.6) is 11.5 Å². The number of amides is 1. The molecule has 0 fully saturated rings. The fourth-order valence-electron chi connectivity index (χ4n) is 2.77. The molecule has 3 aromatic rings. The maximum Gasteiger partial charge on any atom is 0.269 e. The number of ether oxygens (including phenoxy) is 2. The second-order valence-corrected chi connectivity index (χ2v) is 6.03. The summed E-state index contributed by atoms with van der Waals surface area (Å²) in [4.78, 5) is 12.5. The molecular weight excluding hydrogens is 334 g/mol. The van der Waals surface area contributed by atoms with Crippen molar-refractivity contribution in [3.63, 3.8) is 0 Å². The maximum atomic E-state index is 12.5. The third-order valence-electron chi connectivity index (χ3n) is 4.27. The Balaban J connectivity index is 1.47. The van der Waals surface area contributed by atoms with Gasteiger partial charge in [0.1, 0.15) is 5.69 Å². The standard InChI is InChI=1S/C18H19N5O3/c1-3-23-7-6-13(22-23)11(2)19-18(24)15-9-14(20-21-15)12-4-5-16-17(8-12)26-10-25-16/h4-9,11H,3,10H2,1-2H3,(H,19,24)(H,20,21). The van der Waals surface area contributed by atoms with Crippen LogP contribution in [0.4, 0.5) is 0 Å². The topological polar surface area (TPSA) is 94.1 Å². The van der Waals surface area contributed by atoms with Crippen molar-refractivity contribution < 1.29 is 14.3 Å². The van der Waals surface area contributed by atoms with Gasteiger partial charge in [0.05, 0.1) is 17.4 Å². The Morgan fingerprint density at radius 3 is 2.96 bits per heavy atom. The molecule has 0 aliphatic carbocycles. The number of aryl methyl sites for hydroxylation is 1. The number of carbonyl (C=O) groups excluding carboxylic acids is 1. The van der Waals surface area contributed by atoms with Crippen LogP contribution in [0, 0.1) is 0 Å². The zero-order chi connectivity index (χ0) is 18.1. The normalized spacial score (nSPS) is 13.6. The summed E-state index contributed by atoms with van der Waals surface area (Å²) in [7, 11) is 0. The monoisotopic (exact) mass is 353 g/mol. The number of hydrogen-bond donors (Lipinski definition) is 2. The van der Waals surface area contributed by atoms with Crippen molar-refractivity contribution in [3.05, 3.63) is 47.9 Å². The van der Waals surface area contributed by atoms with Crippen LogP contribution in [0.1, 0.15) is 36.1 Å². The van der Waals surface area contributed by atoms with Gasteiger partial charge < -0.3 is 14.8 Å². The molecule has 1 aliphatic heterocycles. The Bertz CT molecular complexity index is 946. The fourth-order valence-corrected chi connectivity index (χ4v) is 2.77. The van der Waals surface area contributed by atoms with E-state index in [1.54, 1.807) is 6.07 Å². The molecule has 0 spiro atoms. The average Bonchev–Trinajstić information content (AvgIpc) is 3.40. The van der Waals surface area contributed by atoms with Gasteiger partial charge >= 0.3 is 0 Å². The molecule has 1 aliphatic rings. The van der Waals surface area contributed by atoms with E-state index in [4.69, 9.17) is 9.47 Å². The molecule has 1 unspecified atom stereocenters. The Morgan fingerprint density at radius 2 is 2.15 bits per heavy atom. The first-order chi connectivity index (χ1) is 12.6. The number of carbonyl (C=O) groups is 1. The van der Waals surface area contributed by atoms with E-state index in [1.165, 1.54) is 0 Å². The van der Waals surface area contributed by atoms with Gasteiger partial charge in [-0.3, -0.25) is 14.6 Å². The molecule has 3 heterocycles. The minimum atomic E-state index is -0.233. The lowest BCUT2D eigenvalue weighted by atomic mass is 10.1. The Hall–Kier alpha value is -3.29. The SMILES string of the molecule is CCn1ccc(C(C)NC(=O)c2cc(-c3ccc4c(c3)OCO4)n[nH]2)n1. The molecule has 1 aromatic carbocycles. The fraction of sp³-hybridized carbons (Fsp3) is 0.278. The van der Waals surface area contributed by atoms with E-state index < -0.39 is 0 Å². The summed E-state index contributed by atoms with van der Waals surface area (Å²) in [5, 5.41) is 14.4. The van der Waals surface area contributed by atoms with Crippen LogP contribution in [0.3, 0.4) is 0 Å². The van der Waals surface area contributed by atoms with Gasteiger partial charge in [0.25, 0.3) is 5.91 Å². The van der Waals surface area contributed by atoms with Gasteiger partial charge in [-0.15, -0.1) is 0 Å². The van der Waals surface area contributed by atoms with Crippen molar-refractivity contribution in [3.8, 4) is 22.8 Å². The number of rotatable bonds is 5. The van der Waals surface area contributed by atoms with Gasteiger partial charge in [-0.1, -0.05) is 0 Å². The second kappa shape index (κ2) is 6.55. The summed E-state index contributed by atoms with van der Waals surface area (Å²) in [6.07, 6.45) is 1.89.